The Morgan fingerprint density at radius 2 is 1.74 bits per heavy atom. The number of hydrogen-bond acceptors (Lipinski definition) is 4. The van der Waals surface area contributed by atoms with Crippen molar-refractivity contribution in [2.75, 3.05) is 17.1 Å². The highest BCUT2D eigenvalue weighted by molar-refractivity contribution is 7.92. The Bertz CT molecular complexity index is 1120. The van der Waals surface area contributed by atoms with Gasteiger partial charge in [-0.25, -0.2) is 12.8 Å². The van der Waals surface area contributed by atoms with E-state index < -0.39 is 34.3 Å². The highest BCUT2D eigenvalue weighted by atomic mass is 35.5. The van der Waals surface area contributed by atoms with Crippen LogP contribution in [0.3, 0.4) is 0 Å². The van der Waals surface area contributed by atoms with Gasteiger partial charge in [-0.3, -0.25) is 13.9 Å². The second-order valence-electron chi connectivity index (χ2n) is 8.44. The molecular weight excluding hydrogens is 481 g/mol. The van der Waals surface area contributed by atoms with Crippen molar-refractivity contribution in [1.29, 1.82) is 0 Å². The average molecular weight is 512 g/mol. The molecular formula is C24H31ClFN3O4S. The Hall–Kier alpha value is -2.65. The SMILES string of the molecule is CCC(C(=O)NC(C)C)N(Cc1ccc(F)cc1)C(=O)CN(c1ccc(Cl)cc1C)S(C)(=O)=O. The lowest BCUT2D eigenvalue weighted by atomic mass is 10.1. The molecule has 0 bridgehead atoms. The van der Waals surface area contributed by atoms with Crippen LogP contribution in [0.4, 0.5) is 10.1 Å². The summed E-state index contributed by atoms with van der Waals surface area (Å²) >= 11 is 6.02. The van der Waals surface area contributed by atoms with Gasteiger partial charge in [-0.15, -0.1) is 0 Å². The maximum atomic E-state index is 13.6. The predicted octanol–water partition coefficient (Wildman–Crippen LogP) is 3.89. The lowest BCUT2D eigenvalue weighted by molar-refractivity contribution is -0.140. The monoisotopic (exact) mass is 511 g/mol. The fourth-order valence-electron chi connectivity index (χ4n) is 3.58. The van der Waals surface area contributed by atoms with Crippen molar-refractivity contribution in [3.05, 3.63) is 64.4 Å². The van der Waals surface area contributed by atoms with Crippen LogP contribution in [0, 0.1) is 12.7 Å². The highest BCUT2D eigenvalue weighted by Gasteiger charge is 2.32. The van der Waals surface area contributed by atoms with Crippen LogP contribution >= 0.6 is 11.6 Å². The van der Waals surface area contributed by atoms with Crippen LogP contribution < -0.4 is 9.62 Å². The number of nitrogens with one attached hydrogen (secondary N) is 1. The standard InChI is InChI=1S/C24H31ClFN3O4S/c1-6-21(24(31)27-16(2)3)28(14-18-7-10-20(26)11-8-18)23(30)15-29(34(5,32)33)22-12-9-19(25)13-17(22)4/h7-13,16,21H,6,14-15H2,1-5H3,(H,27,31). The summed E-state index contributed by atoms with van der Waals surface area (Å²) in [5.74, 6) is -1.33. The van der Waals surface area contributed by atoms with E-state index in [1.807, 2.05) is 13.8 Å². The molecule has 0 saturated heterocycles. The fourth-order valence-corrected chi connectivity index (χ4v) is 4.71. The van der Waals surface area contributed by atoms with Gasteiger partial charge in [0.05, 0.1) is 11.9 Å². The van der Waals surface area contributed by atoms with Gasteiger partial charge >= 0.3 is 0 Å². The Morgan fingerprint density at radius 3 is 2.24 bits per heavy atom. The largest absolute Gasteiger partial charge is 0.352 e. The topological polar surface area (TPSA) is 86.8 Å². The summed E-state index contributed by atoms with van der Waals surface area (Å²) in [7, 11) is -3.84. The van der Waals surface area contributed by atoms with E-state index in [-0.39, 0.29) is 18.5 Å². The number of sulfonamides is 1. The van der Waals surface area contributed by atoms with Gasteiger partial charge in [0.2, 0.25) is 21.8 Å². The molecule has 10 heteroatoms. The molecule has 0 spiro atoms. The number of hydrogen-bond donors (Lipinski definition) is 1. The normalized spacial score (nSPS) is 12.4. The molecule has 0 aliphatic rings. The summed E-state index contributed by atoms with van der Waals surface area (Å²) in [4.78, 5) is 27.8. The second kappa shape index (κ2) is 11.7. The van der Waals surface area contributed by atoms with Gasteiger partial charge in [0.1, 0.15) is 18.4 Å². The first-order chi connectivity index (χ1) is 15.8. The number of nitrogens with zero attached hydrogens (tertiary/aromatic N) is 2. The van der Waals surface area contributed by atoms with Gasteiger partial charge in [0, 0.05) is 17.6 Å². The Labute approximate surface area is 205 Å². The lowest BCUT2D eigenvalue weighted by Crippen LogP contribution is -2.53. The van der Waals surface area contributed by atoms with Crippen LogP contribution in [-0.2, 0) is 26.2 Å². The number of halogens is 2. The minimum atomic E-state index is -3.84. The fraction of sp³-hybridized carbons (Fsp3) is 0.417. The van der Waals surface area contributed by atoms with E-state index in [2.05, 4.69) is 5.32 Å². The molecule has 0 fully saturated rings. The summed E-state index contributed by atoms with van der Waals surface area (Å²) in [6.45, 7) is 6.60. The number of carbonyl (C=O) groups is 2. The molecule has 186 valence electrons. The van der Waals surface area contributed by atoms with Crippen molar-refractivity contribution in [3.63, 3.8) is 0 Å². The van der Waals surface area contributed by atoms with Crippen LogP contribution in [0.25, 0.3) is 0 Å². The van der Waals surface area contributed by atoms with E-state index in [9.17, 15) is 22.4 Å². The van der Waals surface area contributed by atoms with E-state index in [1.165, 1.54) is 29.2 Å². The van der Waals surface area contributed by atoms with Gasteiger partial charge < -0.3 is 10.2 Å². The number of aryl methyl sites for hydroxylation is 1. The molecule has 0 aliphatic carbocycles. The van der Waals surface area contributed by atoms with Gasteiger partial charge in [-0.1, -0.05) is 30.7 Å². The minimum absolute atomic E-state index is 0.0142. The van der Waals surface area contributed by atoms with E-state index in [1.54, 1.807) is 32.0 Å². The van der Waals surface area contributed by atoms with E-state index in [4.69, 9.17) is 11.6 Å². The average Bonchev–Trinajstić information content (AvgIpc) is 2.72. The zero-order chi connectivity index (χ0) is 25.6. The first-order valence-corrected chi connectivity index (χ1v) is 13.1. The lowest BCUT2D eigenvalue weighted by Gasteiger charge is -2.33. The van der Waals surface area contributed by atoms with Crippen LogP contribution in [-0.4, -0.2) is 50.0 Å². The molecule has 7 nitrogen and oxygen atoms in total. The van der Waals surface area contributed by atoms with Gasteiger partial charge in [-0.05, 0) is 68.7 Å². The van der Waals surface area contributed by atoms with Crippen molar-refractivity contribution < 1.29 is 22.4 Å². The number of carbonyl (C=O) groups excluding carboxylic acids is 2. The third kappa shape index (κ3) is 7.43. The summed E-state index contributed by atoms with van der Waals surface area (Å²) in [6.07, 6.45) is 1.33. The molecule has 0 aliphatic heterocycles. The van der Waals surface area contributed by atoms with E-state index in [0.717, 1.165) is 10.6 Å². The minimum Gasteiger partial charge on any atom is -0.352 e. The zero-order valence-electron chi connectivity index (χ0n) is 20.0. The molecule has 0 aromatic heterocycles. The molecule has 34 heavy (non-hydrogen) atoms. The number of benzene rings is 2. The van der Waals surface area contributed by atoms with Gasteiger partial charge in [0.25, 0.3) is 0 Å². The molecule has 2 amide bonds. The van der Waals surface area contributed by atoms with Crippen LogP contribution in [0.1, 0.15) is 38.3 Å². The molecule has 2 rings (SSSR count). The summed E-state index contributed by atoms with van der Waals surface area (Å²) in [5, 5.41) is 3.26. The smallest absolute Gasteiger partial charge is 0.244 e. The maximum absolute atomic E-state index is 13.6. The Kier molecular flexibility index (Phi) is 9.46. The molecule has 2 aromatic rings. The Morgan fingerprint density at radius 1 is 1.12 bits per heavy atom. The molecule has 1 N–H and O–H groups in total. The van der Waals surface area contributed by atoms with Crippen LogP contribution in [0.2, 0.25) is 5.02 Å². The van der Waals surface area contributed by atoms with E-state index in [0.29, 0.717) is 28.3 Å². The summed E-state index contributed by atoms with van der Waals surface area (Å²) in [6, 6.07) is 9.31. The Balaban J connectivity index is 2.46. The summed E-state index contributed by atoms with van der Waals surface area (Å²) < 4.78 is 39.7. The van der Waals surface area contributed by atoms with Gasteiger partial charge in [0.15, 0.2) is 0 Å². The molecule has 2 aromatic carbocycles. The second-order valence-corrected chi connectivity index (χ2v) is 10.8. The van der Waals surface area contributed by atoms with Gasteiger partial charge in [-0.2, -0.15) is 0 Å². The molecule has 1 unspecified atom stereocenters. The third-order valence-electron chi connectivity index (χ3n) is 5.19. The van der Waals surface area contributed by atoms with Crippen molar-refractivity contribution in [1.82, 2.24) is 10.2 Å². The van der Waals surface area contributed by atoms with Crippen molar-refractivity contribution in [2.45, 2.75) is 52.7 Å². The zero-order valence-corrected chi connectivity index (χ0v) is 21.6. The van der Waals surface area contributed by atoms with Crippen molar-refractivity contribution >= 4 is 39.1 Å². The number of anilines is 1. The van der Waals surface area contributed by atoms with Crippen molar-refractivity contribution in [3.8, 4) is 0 Å². The first-order valence-electron chi connectivity index (χ1n) is 10.9. The van der Waals surface area contributed by atoms with Crippen molar-refractivity contribution in [2.24, 2.45) is 0 Å². The number of amides is 2. The molecule has 0 saturated carbocycles. The quantitative estimate of drug-likeness (QED) is 0.524. The first kappa shape index (κ1) is 27.6. The van der Waals surface area contributed by atoms with E-state index >= 15 is 0 Å². The maximum Gasteiger partial charge on any atom is 0.244 e. The molecule has 0 radical (unpaired) electrons. The molecule has 1 atom stereocenters. The summed E-state index contributed by atoms with van der Waals surface area (Å²) in [5.41, 5.74) is 1.51. The van der Waals surface area contributed by atoms with Crippen LogP contribution in [0.5, 0.6) is 0 Å². The van der Waals surface area contributed by atoms with Crippen LogP contribution in [0.15, 0.2) is 42.5 Å². The predicted molar refractivity (Wildman–Crippen MR) is 133 cm³/mol. The number of rotatable bonds is 10. The third-order valence-corrected chi connectivity index (χ3v) is 6.55. The molecule has 0 heterocycles. The highest BCUT2D eigenvalue weighted by Crippen LogP contribution is 2.26.